The normalized spacial score (nSPS) is 15.6. The van der Waals surface area contributed by atoms with Crippen molar-refractivity contribution >= 4 is 38.9 Å². The van der Waals surface area contributed by atoms with Crippen LogP contribution in [0.5, 0.6) is 0 Å². The Hall–Kier alpha value is -1.71. The van der Waals surface area contributed by atoms with E-state index < -0.39 is 10.0 Å². The van der Waals surface area contributed by atoms with Crippen molar-refractivity contribution in [1.82, 2.24) is 14.1 Å². The van der Waals surface area contributed by atoms with Crippen molar-refractivity contribution < 1.29 is 13.2 Å². The van der Waals surface area contributed by atoms with Gasteiger partial charge in [0.2, 0.25) is 15.9 Å². The minimum atomic E-state index is -3.52. The number of halogens is 1. The number of rotatable bonds is 8. The van der Waals surface area contributed by atoms with Crippen LogP contribution in [-0.2, 0) is 21.4 Å². The summed E-state index contributed by atoms with van der Waals surface area (Å²) in [6.07, 6.45) is 1.77. The van der Waals surface area contributed by atoms with Crippen molar-refractivity contribution in [2.45, 2.75) is 11.4 Å². The number of amides is 1. The van der Waals surface area contributed by atoms with Crippen molar-refractivity contribution in [3.05, 3.63) is 64.3 Å². The topological polar surface area (TPSA) is 60.9 Å². The van der Waals surface area contributed by atoms with E-state index in [-0.39, 0.29) is 17.3 Å². The van der Waals surface area contributed by atoms with Crippen LogP contribution >= 0.6 is 22.9 Å². The highest BCUT2D eigenvalue weighted by Crippen LogP contribution is 2.23. The smallest absolute Gasteiger partial charge is 0.243 e. The molecule has 156 valence electrons. The van der Waals surface area contributed by atoms with Gasteiger partial charge in [0, 0.05) is 44.1 Å². The number of hydrogen-bond acceptors (Lipinski definition) is 5. The number of carbonyl (C=O) groups excluding carboxylic acids is 1. The van der Waals surface area contributed by atoms with Gasteiger partial charge in [-0.05, 0) is 24.3 Å². The lowest BCUT2D eigenvalue weighted by Gasteiger charge is -2.35. The van der Waals surface area contributed by atoms with E-state index in [0.717, 1.165) is 9.21 Å². The summed E-state index contributed by atoms with van der Waals surface area (Å²) in [6, 6.07) is 12.2. The average molecular weight is 454 g/mol. The molecule has 3 rings (SSSR count). The Morgan fingerprint density at radius 1 is 1.14 bits per heavy atom. The molecule has 9 heteroatoms. The van der Waals surface area contributed by atoms with Crippen LogP contribution in [0, 0.1) is 0 Å². The van der Waals surface area contributed by atoms with E-state index in [1.807, 2.05) is 17.0 Å². The Morgan fingerprint density at radius 2 is 1.83 bits per heavy atom. The molecule has 2 aromatic rings. The summed E-state index contributed by atoms with van der Waals surface area (Å²) in [4.78, 5) is 17.9. The van der Waals surface area contributed by atoms with E-state index in [1.165, 1.54) is 15.6 Å². The van der Waals surface area contributed by atoms with Gasteiger partial charge in [-0.25, -0.2) is 8.42 Å². The molecule has 0 aliphatic carbocycles. The monoisotopic (exact) mass is 453 g/mol. The number of sulfonamides is 1. The van der Waals surface area contributed by atoms with Crippen LogP contribution in [0.25, 0.3) is 0 Å². The molecule has 1 amide bonds. The van der Waals surface area contributed by atoms with E-state index in [1.54, 1.807) is 41.3 Å². The molecule has 0 saturated carbocycles. The minimum Gasteiger partial charge on any atom is -0.339 e. The van der Waals surface area contributed by atoms with Crippen LogP contribution in [0.15, 0.2) is 60.0 Å². The van der Waals surface area contributed by atoms with Gasteiger partial charge in [0.15, 0.2) is 0 Å². The van der Waals surface area contributed by atoms with Crippen molar-refractivity contribution in [1.29, 1.82) is 0 Å². The standard InChI is InChI=1S/C20H24ClN3O3S2/c1-2-10-22(15-17-8-9-19(21)28-17)16-20(25)23-11-13-24(14-12-23)29(26,27)18-6-4-3-5-7-18/h2-9H,1,10-16H2. The van der Waals surface area contributed by atoms with Gasteiger partial charge >= 0.3 is 0 Å². The fourth-order valence-electron chi connectivity index (χ4n) is 3.24. The molecule has 1 fully saturated rings. The number of benzene rings is 1. The number of hydrogen-bond donors (Lipinski definition) is 0. The van der Waals surface area contributed by atoms with E-state index in [2.05, 4.69) is 6.58 Å². The zero-order valence-corrected chi connectivity index (χ0v) is 18.4. The maximum atomic E-state index is 12.8. The van der Waals surface area contributed by atoms with E-state index in [9.17, 15) is 13.2 Å². The molecular formula is C20H24ClN3O3S2. The Morgan fingerprint density at radius 3 is 2.41 bits per heavy atom. The summed E-state index contributed by atoms with van der Waals surface area (Å²) in [7, 11) is -3.52. The fraction of sp³-hybridized carbons (Fsp3) is 0.350. The molecule has 2 heterocycles. The summed E-state index contributed by atoms with van der Waals surface area (Å²) >= 11 is 7.49. The molecule has 1 saturated heterocycles. The molecular weight excluding hydrogens is 430 g/mol. The van der Waals surface area contributed by atoms with Gasteiger partial charge in [0.05, 0.1) is 15.8 Å². The Kier molecular flexibility index (Phi) is 7.48. The average Bonchev–Trinajstić information content (AvgIpc) is 3.13. The first-order valence-corrected chi connectivity index (χ1v) is 11.9. The molecule has 6 nitrogen and oxygen atoms in total. The van der Waals surface area contributed by atoms with Crippen molar-refractivity contribution in [2.24, 2.45) is 0 Å². The highest BCUT2D eigenvalue weighted by atomic mass is 35.5. The summed E-state index contributed by atoms with van der Waals surface area (Å²) in [6.45, 7) is 6.60. The van der Waals surface area contributed by atoms with Crippen LogP contribution in [0.2, 0.25) is 4.34 Å². The molecule has 1 aromatic heterocycles. The third-order valence-electron chi connectivity index (χ3n) is 4.73. The van der Waals surface area contributed by atoms with Crippen LogP contribution in [0.4, 0.5) is 0 Å². The van der Waals surface area contributed by atoms with Crippen LogP contribution in [-0.4, -0.2) is 67.7 Å². The molecule has 0 N–H and O–H groups in total. The Labute approximate surface area is 181 Å². The second-order valence-electron chi connectivity index (χ2n) is 6.76. The van der Waals surface area contributed by atoms with Gasteiger partial charge in [-0.3, -0.25) is 9.69 Å². The Balaban J connectivity index is 1.56. The van der Waals surface area contributed by atoms with Gasteiger partial charge in [0.25, 0.3) is 0 Å². The first-order chi connectivity index (χ1) is 13.9. The van der Waals surface area contributed by atoms with Gasteiger partial charge in [-0.1, -0.05) is 35.9 Å². The first kappa shape index (κ1) is 22.0. The lowest BCUT2D eigenvalue weighted by atomic mass is 10.3. The van der Waals surface area contributed by atoms with Crippen LogP contribution in [0.3, 0.4) is 0 Å². The van der Waals surface area contributed by atoms with Gasteiger partial charge in [0.1, 0.15) is 0 Å². The molecule has 1 aromatic carbocycles. The van der Waals surface area contributed by atoms with Crippen molar-refractivity contribution in [3.63, 3.8) is 0 Å². The number of carbonyl (C=O) groups is 1. The quantitative estimate of drug-likeness (QED) is 0.576. The second-order valence-corrected chi connectivity index (χ2v) is 10.5. The predicted molar refractivity (Wildman–Crippen MR) is 117 cm³/mol. The zero-order valence-electron chi connectivity index (χ0n) is 16.0. The molecule has 0 atom stereocenters. The number of nitrogens with zero attached hydrogens (tertiary/aromatic N) is 3. The minimum absolute atomic E-state index is 0.00809. The second kappa shape index (κ2) is 9.86. The number of piperazine rings is 1. The van der Waals surface area contributed by atoms with E-state index in [0.29, 0.717) is 39.3 Å². The summed E-state index contributed by atoms with van der Waals surface area (Å²) in [5, 5.41) is 0. The van der Waals surface area contributed by atoms with Crippen molar-refractivity contribution in [3.8, 4) is 0 Å². The summed E-state index contributed by atoms with van der Waals surface area (Å²) in [5.74, 6) is -0.00809. The number of thiophene rings is 1. The third-order valence-corrected chi connectivity index (χ3v) is 7.86. The third kappa shape index (κ3) is 5.67. The Bertz CT molecular complexity index is 939. The van der Waals surface area contributed by atoms with Gasteiger partial charge in [-0.2, -0.15) is 4.31 Å². The van der Waals surface area contributed by atoms with Gasteiger partial charge < -0.3 is 4.90 Å². The molecule has 0 bridgehead atoms. The molecule has 29 heavy (non-hydrogen) atoms. The van der Waals surface area contributed by atoms with Gasteiger partial charge in [-0.15, -0.1) is 17.9 Å². The molecule has 0 unspecified atom stereocenters. The summed E-state index contributed by atoms with van der Waals surface area (Å²) in [5.41, 5.74) is 0. The first-order valence-electron chi connectivity index (χ1n) is 9.30. The lowest BCUT2D eigenvalue weighted by molar-refractivity contribution is -0.133. The fourth-order valence-corrected chi connectivity index (χ4v) is 5.81. The van der Waals surface area contributed by atoms with Crippen molar-refractivity contribution in [2.75, 3.05) is 39.3 Å². The highest BCUT2D eigenvalue weighted by Gasteiger charge is 2.30. The van der Waals surface area contributed by atoms with E-state index in [4.69, 9.17) is 11.6 Å². The SMILES string of the molecule is C=CCN(CC(=O)N1CCN(S(=O)(=O)c2ccccc2)CC1)Cc1ccc(Cl)s1. The predicted octanol–water partition coefficient (Wildman–Crippen LogP) is 2.92. The maximum Gasteiger partial charge on any atom is 0.243 e. The summed E-state index contributed by atoms with van der Waals surface area (Å²) < 4.78 is 27.6. The van der Waals surface area contributed by atoms with Crippen LogP contribution in [0.1, 0.15) is 4.88 Å². The molecule has 1 aliphatic heterocycles. The lowest BCUT2D eigenvalue weighted by Crippen LogP contribution is -2.52. The van der Waals surface area contributed by atoms with E-state index >= 15 is 0 Å². The zero-order chi connectivity index (χ0) is 20.9. The maximum absolute atomic E-state index is 12.8. The highest BCUT2D eigenvalue weighted by molar-refractivity contribution is 7.89. The largest absolute Gasteiger partial charge is 0.339 e. The molecule has 0 radical (unpaired) electrons. The molecule has 1 aliphatic rings. The molecule has 0 spiro atoms. The van der Waals surface area contributed by atoms with Crippen LogP contribution < -0.4 is 0 Å².